The number of aromatic nitrogens is 1. The number of anilines is 1. The van der Waals surface area contributed by atoms with Crippen LogP contribution in [-0.2, 0) is 0 Å². The molecule has 0 bridgehead atoms. The number of nitrogen functional groups attached to an aromatic ring is 1. The van der Waals surface area contributed by atoms with Crippen LogP contribution in [0.3, 0.4) is 0 Å². The highest BCUT2D eigenvalue weighted by atomic mass is 33.1. The standard InChI is InChI=1S/C7H10N2OS2.CH4O/c8-6-1-2-7(9-5-6)12-11-4-3-10;1-2/h1-2,5,10H,3-4,8H2;2H,1H3. The van der Waals surface area contributed by atoms with Gasteiger partial charge in [0.1, 0.15) is 5.03 Å². The maximum atomic E-state index is 8.51. The normalized spacial score (nSPS) is 9.07. The third kappa shape index (κ3) is 6.09. The summed E-state index contributed by atoms with van der Waals surface area (Å²) in [6.45, 7) is 0.201. The molecule has 1 aromatic heterocycles. The molecule has 80 valence electrons. The summed E-state index contributed by atoms with van der Waals surface area (Å²) in [5, 5.41) is 16.4. The Kier molecular flexibility index (Phi) is 8.86. The van der Waals surface area contributed by atoms with Gasteiger partial charge in [-0.05, 0) is 22.9 Å². The molecule has 0 aliphatic rings. The van der Waals surface area contributed by atoms with E-state index < -0.39 is 0 Å². The lowest BCUT2D eigenvalue weighted by Gasteiger charge is -1.98. The molecule has 0 atom stereocenters. The number of nitrogens with zero attached hydrogens (tertiary/aromatic N) is 1. The van der Waals surface area contributed by atoms with Gasteiger partial charge in [0.2, 0.25) is 0 Å². The van der Waals surface area contributed by atoms with Gasteiger partial charge in [0, 0.05) is 12.9 Å². The van der Waals surface area contributed by atoms with Gasteiger partial charge in [-0.3, -0.25) is 0 Å². The Morgan fingerprint density at radius 2 is 2.14 bits per heavy atom. The summed E-state index contributed by atoms with van der Waals surface area (Å²) in [5.41, 5.74) is 6.14. The third-order valence-corrected chi connectivity index (χ3v) is 3.32. The largest absolute Gasteiger partial charge is 0.400 e. The number of rotatable bonds is 4. The molecule has 1 rings (SSSR count). The van der Waals surface area contributed by atoms with Gasteiger partial charge in [0.15, 0.2) is 0 Å². The zero-order chi connectivity index (χ0) is 10.8. The lowest BCUT2D eigenvalue weighted by Crippen LogP contribution is -1.86. The Hall–Kier alpha value is -0.430. The van der Waals surface area contributed by atoms with Crippen LogP contribution in [0.1, 0.15) is 0 Å². The molecule has 14 heavy (non-hydrogen) atoms. The highest BCUT2D eigenvalue weighted by Crippen LogP contribution is 2.28. The molecule has 0 aromatic carbocycles. The van der Waals surface area contributed by atoms with Crippen LogP contribution in [0.15, 0.2) is 23.4 Å². The highest BCUT2D eigenvalue weighted by molar-refractivity contribution is 8.76. The van der Waals surface area contributed by atoms with Crippen molar-refractivity contribution in [3.05, 3.63) is 18.3 Å². The van der Waals surface area contributed by atoms with Crippen LogP contribution >= 0.6 is 21.6 Å². The molecule has 0 radical (unpaired) electrons. The minimum atomic E-state index is 0.201. The summed E-state index contributed by atoms with van der Waals surface area (Å²) in [5.74, 6) is 0.719. The molecule has 4 nitrogen and oxygen atoms in total. The molecule has 6 heteroatoms. The second-order valence-electron chi connectivity index (χ2n) is 2.06. The van der Waals surface area contributed by atoms with Crippen molar-refractivity contribution >= 4 is 27.3 Å². The van der Waals surface area contributed by atoms with Gasteiger partial charge in [-0.1, -0.05) is 10.8 Å². The van der Waals surface area contributed by atoms with Gasteiger partial charge in [-0.2, -0.15) is 0 Å². The molecule has 0 fully saturated rings. The lowest BCUT2D eigenvalue weighted by atomic mass is 10.4. The van der Waals surface area contributed by atoms with Crippen LogP contribution < -0.4 is 5.73 Å². The average Bonchev–Trinajstić information content (AvgIpc) is 2.24. The molecule has 4 N–H and O–H groups in total. The van der Waals surface area contributed by atoms with Gasteiger partial charge in [-0.15, -0.1) is 0 Å². The number of nitrogens with two attached hydrogens (primary N) is 1. The minimum absolute atomic E-state index is 0.201. The first-order valence-corrected chi connectivity index (χ1v) is 6.21. The number of hydrogen-bond acceptors (Lipinski definition) is 6. The molecule has 0 aliphatic carbocycles. The smallest absolute Gasteiger partial charge is 0.107 e. The average molecular weight is 234 g/mol. The van der Waals surface area contributed by atoms with E-state index in [0.717, 1.165) is 17.9 Å². The van der Waals surface area contributed by atoms with E-state index in [0.29, 0.717) is 5.69 Å². The van der Waals surface area contributed by atoms with Gasteiger partial charge in [0.25, 0.3) is 0 Å². The number of pyridine rings is 1. The summed E-state index contributed by atoms with van der Waals surface area (Å²) in [6.07, 6.45) is 1.63. The molecule has 0 amide bonds. The van der Waals surface area contributed by atoms with E-state index >= 15 is 0 Å². The van der Waals surface area contributed by atoms with E-state index in [1.807, 2.05) is 12.1 Å². The topological polar surface area (TPSA) is 79.4 Å². The Bertz CT molecular complexity index is 231. The zero-order valence-electron chi connectivity index (χ0n) is 7.88. The molecule has 1 aromatic rings. The van der Waals surface area contributed by atoms with Gasteiger partial charge >= 0.3 is 0 Å². The van der Waals surface area contributed by atoms with Gasteiger partial charge in [0.05, 0.1) is 18.5 Å². The van der Waals surface area contributed by atoms with Gasteiger partial charge < -0.3 is 15.9 Å². The lowest BCUT2D eigenvalue weighted by molar-refractivity contribution is 0.323. The maximum absolute atomic E-state index is 8.51. The SMILES string of the molecule is CO.Nc1ccc(SSCCO)nc1. The van der Waals surface area contributed by atoms with Crippen molar-refractivity contribution in [3.8, 4) is 0 Å². The van der Waals surface area contributed by atoms with Crippen LogP contribution in [-0.4, -0.2) is 34.7 Å². The first-order valence-electron chi connectivity index (χ1n) is 3.89. The summed E-state index contributed by atoms with van der Waals surface area (Å²) in [4.78, 5) is 4.09. The van der Waals surface area contributed by atoms with Crippen molar-refractivity contribution < 1.29 is 10.2 Å². The van der Waals surface area contributed by atoms with E-state index in [4.69, 9.17) is 15.9 Å². The fraction of sp³-hybridized carbons (Fsp3) is 0.375. The van der Waals surface area contributed by atoms with E-state index in [-0.39, 0.29) is 6.61 Å². The Balaban J connectivity index is 0.000000791. The second-order valence-corrected chi connectivity index (χ2v) is 4.49. The molecular formula is C8H14N2O2S2. The minimum Gasteiger partial charge on any atom is -0.400 e. The summed E-state index contributed by atoms with van der Waals surface area (Å²) in [6, 6.07) is 3.68. The molecule has 0 aliphatic heterocycles. The van der Waals surface area contributed by atoms with E-state index in [1.165, 1.54) is 0 Å². The van der Waals surface area contributed by atoms with Crippen LogP contribution in [0.2, 0.25) is 0 Å². The number of aliphatic hydroxyl groups is 2. The van der Waals surface area contributed by atoms with Crippen LogP contribution in [0, 0.1) is 0 Å². The number of hydrogen-bond donors (Lipinski definition) is 3. The highest BCUT2D eigenvalue weighted by Gasteiger charge is 1.94. The quantitative estimate of drug-likeness (QED) is 0.533. The molecule has 1 heterocycles. The monoisotopic (exact) mass is 234 g/mol. The van der Waals surface area contributed by atoms with Gasteiger partial charge in [-0.25, -0.2) is 4.98 Å². The molecule has 0 saturated carbocycles. The zero-order valence-corrected chi connectivity index (χ0v) is 9.51. The van der Waals surface area contributed by atoms with Crippen molar-refractivity contribution in [2.75, 3.05) is 25.2 Å². The Labute approximate surface area is 91.3 Å². The predicted molar refractivity (Wildman–Crippen MR) is 62.2 cm³/mol. The van der Waals surface area contributed by atoms with Crippen molar-refractivity contribution in [1.82, 2.24) is 4.98 Å². The first kappa shape index (κ1) is 13.6. The van der Waals surface area contributed by atoms with Crippen LogP contribution in [0.25, 0.3) is 0 Å². The van der Waals surface area contributed by atoms with Crippen molar-refractivity contribution in [2.24, 2.45) is 0 Å². The summed E-state index contributed by atoms with van der Waals surface area (Å²) >= 11 is 0. The summed E-state index contributed by atoms with van der Waals surface area (Å²) < 4.78 is 0. The first-order chi connectivity index (χ1) is 6.83. The second kappa shape index (κ2) is 9.14. The molecular weight excluding hydrogens is 220 g/mol. The molecule has 0 unspecified atom stereocenters. The van der Waals surface area contributed by atoms with Crippen molar-refractivity contribution in [2.45, 2.75) is 5.03 Å². The molecule has 0 saturated heterocycles. The van der Waals surface area contributed by atoms with Crippen LogP contribution in [0.4, 0.5) is 5.69 Å². The van der Waals surface area contributed by atoms with E-state index in [1.54, 1.807) is 27.8 Å². The Morgan fingerprint density at radius 1 is 1.43 bits per heavy atom. The Morgan fingerprint density at radius 3 is 2.64 bits per heavy atom. The fourth-order valence-corrected chi connectivity index (χ4v) is 2.21. The van der Waals surface area contributed by atoms with E-state index in [2.05, 4.69) is 4.98 Å². The maximum Gasteiger partial charge on any atom is 0.107 e. The van der Waals surface area contributed by atoms with Crippen molar-refractivity contribution in [3.63, 3.8) is 0 Å². The van der Waals surface area contributed by atoms with E-state index in [9.17, 15) is 0 Å². The third-order valence-electron chi connectivity index (χ3n) is 1.08. The number of aliphatic hydroxyl groups excluding tert-OH is 2. The van der Waals surface area contributed by atoms with Crippen molar-refractivity contribution in [1.29, 1.82) is 0 Å². The molecule has 0 spiro atoms. The summed E-state index contributed by atoms with van der Waals surface area (Å²) in [7, 11) is 4.12. The predicted octanol–water partition coefficient (Wildman–Crippen LogP) is 1.00. The van der Waals surface area contributed by atoms with Crippen LogP contribution in [0.5, 0.6) is 0 Å². The fourth-order valence-electron chi connectivity index (χ4n) is 0.580.